The van der Waals surface area contributed by atoms with Crippen LogP contribution in [0.1, 0.15) is 64.0 Å². The van der Waals surface area contributed by atoms with Gasteiger partial charge in [-0.15, -0.1) is 0 Å². The summed E-state index contributed by atoms with van der Waals surface area (Å²) in [4.78, 5) is 20.8. The van der Waals surface area contributed by atoms with E-state index in [0.29, 0.717) is 30.8 Å². The topological polar surface area (TPSA) is 98.8 Å². The number of nitrogens with one attached hydrogen (secondary N) is 1. The number of benzene rings is 1. The van der Waals surface area contributed by atoms with Crippen LogP contribution in [0.3, 0.4) is 0 Å². The number of rotatable bonds is 8. The van der Waals surface area contributed by atoms with Crippen molar-refractivity contribution in [2.45, 2.75) is 57.9 Å². The van der Waals surface area contributed by atoms with Crippen LogP contribution in [-0.4, -0.2) is 73.4 Å². The molecule has 1 amide bonds. The number of amides is 1. The fourth-order valence-electron chi connectivity index (χ4n) is 5.70. The number of fused-ring (bicyclic) bond motifs is 1. The summed E-state index contributed by atoms with van der Waals surface area (Å²) in [5.41, 5.74) is 5.30. The van der Waals surface area contributed by atoms with Crippen molar-refractivity contribution in [2.24, 2.45) is 0 Å². The highest BCUT2D eigenvalue weighted by Gasteiger charge is 2.31. The van der Waals surface area contributed by atoms with E-state index in [1.165, 1.54) is 11.1 Å². The van der Waals surface area contributed by atoms with Crippen LogP contribution < -0.4 is 0 Å². The van der Waals surface area contributed by atoms with Gasteiger partial charge in [-0.2, -0.15) is 23.5 Å². The van der Waals surface area contributed by atoms with Gasteiger partial charge in [-0.1, -0.05) is 6.07 Å². The Hall–Kier alpha value is -4.11. The van der Waals surface area contributed by atoms with Crippen molar-refractivity contribution in [3.63, 3.8) is 0 Å². The normalized spacial score (nSPS) is 15.0. The summed E-state index contributed by atoms with van der Waals surface area (Å²) in [6.07, 6.45) is 0.946. The van der Waals surface area contributed by atoms with Crippen LogP contribution >= 0.6 is 0 Å². The van der Waals surface area contributed by atoms with Crippen LogP contribution in [0, 0.1) is 18.3 Å². The van der Waals surface area contributed by atoms with Crippen LogP contribution in [0.2, 0.25) is 0 Å². The molecule has 9 nitrogen and oxygen atoms in total. The number of H-pyrrole nitrogens is 1. The van der Waals surface area contributed by atoms with Gasteiger partial charge in [0, 0.05) is 80.7 Å². The molecule has 4 aromatic rings. The summed E-state index contributed by atoms with van der Waals surface area (Å²) < 4.78 is 42.7. The molecule has 0 atom stereocenters. The first kappa shape index (κ1) is 28.4. The zero-order chi connectivity index (χ0) is 29.3. The maximum absolute atomic E-state index is 13.0. The highest BCUT2D eigenvalue weighted by molar-refractivity contribution is 5.90. The first-order chi connectivity index (χ1) is 19.6. The zero-order valence-corrected chi connectivity index (χ0v) is 23.4. The van der Waals surface area contributed by atoms with Gasteiger partial charge in [0.2, 0.25) is 0 Å². The number of likely N-dealkylation sites (tertiary alicyclic amines) is 1. The molecule has 1 fully saturated rings. The third-order valence-corrected chi connectivity index (χ3v) is 7.93. The molecule has 1 aliphatic heterocycles. The van der Waals surface area contributed by atoms with E-state index >= 15 is 0 Å². The molecule has 1 aromatic carbocycles. The van der Waals surface area contributed by atoms with E-state index in [1.54, 1.807) is 24.9 Å². The molecule has 12 heteroatoms. The molecule has 1 aliphatic rings. The second-order valence-electron chi connectivity index (χ2n) is 10.9. The lowest BCUT2D eigenvalue weighted by atomic mass is 10.00. The zero-order valence-electron chi connectivity index (χ0n) is 23.4. The summed E-state index contributed by atoms with van der Waals surface area (Å²) >= 11 is 0. The Morgan fingerprint density at radius 1 is 1.20 bits per heavy atom. The van der Waals surface area contributed by atoms with Gasteiger partial charge in [0.05, 0.1) is 12.7 Å². The maximum atomic E-state index is 13.0. The van der Waals surface area contributed by atoms with Gasteiger partial charge in [-0.25, -0.2) is 4.98 Å². The van der Waals surface area contributed by atoms with E-state index in [2.05, 4.69) is 45.2 Å². The number of piperidine rings is 1. The number of nitrogens with zero attached hydrogens (tertiary/aromatic N) is 7. The van der Waals surface area contributed by atoms with E-state index in [-0.39, 0.29) is 24.2 Å². The number of carbonyl (C=O) groups excluding carboxylic acids is 1. The minimum Gasteiger partial charge on any atom is -0.342 e. The Balaban J connectivity index is 1.32. The van der Waals surface area contributed by atoms with E-state index < -0.39 is 12.6 Å². The van der Waals surface area contributed by atoms with E-state index in [9.17, 15) is 23.2 Å². The minimum absolute atomic E-state index is 0.102. The molecule has 41 heavy (non-hydrogen) atoms. The largest absolute Gasteiger partial charge is 0.389 e. The van der Waals surface area contributed by atoms with Crippen molar-refractivity contribution in [3.05, 3.63) is 70.7 Å². The first-order valence-corrected chi connectivity index (χ1v) is 13.6. The van der Waals surface area contributed by atoms with Crippen LogP contribution in [0.15, 0.2) is 36.8 Å². The van der Waals surface area contributed by atoms with Crippen molar-refractivity contribution in [1.82, 2.24) is 34.1 Å². The van der Waals surface area contributed by atoms with E-state index in [1.807, 2.05) is 16.8 Å². The third kappa shape index (κ3) is 6.00. The quantitative estimate of drug-likeness (QED) is 0.330. The average molecular weight is 567 g/mol. The molecule has 3 aromatic heterocycles. The summed E-state index contributed by atoms with van der Waals surface area (Å²) in [5.74, 6) is -0.119. The molecule has 5 rings (SSSR count). The molecule has 1 saturated heterocycles. The summed E-state index contributed by atoms with van der Waals surface area (Å²) in [7, 11) is 3.23. The van der Waals surface area contributed by atoms with Gasteiger partial charge in [0.25, 0.3) is 5.91 Å². The van der Waals surface area contributed by atoms with Gasteiger partial charge < -0.3 is 14.0 Å². The number of aromatic nitrogens is 5. The van der Waals surface area contributed by atoms with Crippen molar-refractivity contribution in [3.8, 4) is 6.07 Å². The lowest BCUT2D eigenvalue weighted by molar-refractivity contribution is -0.134. The number of hydrogen-bond acceptors (Lipinski definition) is 5. The molecule has 0 spiro atoms. The van der Waals surface area contributed by atoms with Crippen molar-refractivity contribution in [1.29, 1.82) is 5.26 Å². The fourth-order valence-corrected chi connectivity index (χ4v) is 5.70. The third-order valence-electron chi connectivity index (χ3n) is 7.93. The minimum atomic E-state index is -4.28. The Kier molecular flexibility index (Phi) is 7.91. The smallest absolute Gasteiger partial charge is 0.342 e. The molecule has 0 saturated carbocycles. The van der Waals surface area contributed by atoms with Crippen LogP contribution in [0.4, 0.5) is 13.2 Å². The lowest BCUT2D eigenvalue weighted by Gasteiger charge is -2.34. The number of aryl methyl sites for hydroxylation is 2. The Morgan fingerprint density at radius 3 is 2.59 bits per heavy atom. The summed E-state index contributed by atoms with van der Waals surface area (Å²) in [6.45, 7) is 4.81. The average Bonchev–Trinajstić information content (AvgIpc) is 3.68. The number of halogens is 3. The fraction of sp³-hybridized carbons (Fsp3) is 0.448. The van der Waals surface area contributed by atoms with Gasteiger partial charge >= 0.3 is 6.18 Å². The molecule has 1 N–H and O–H groups in total. The molecule has 216 valence electrons. The van der Waals surface area contributed by atoms with Gasteiger partial charge in [-0.05, 0) is 49.4 Å². The predicted octanol–water partition coefficient (Wildman–Crippen LogP) is 4.82. The second kappa shape index (κ2) is 11.4. The van der Waals surface area contributed by atoms with Gasteiger partial charge in [-0.3, -0.25) is 14.8 Å². The molecule has 0 aliphatic carbocycles. The summed E-state index contributed by atoms with van der Waals surface area (Å²) in [6, 6.07) is 8.31. The molecule has 0 unspecified atom stereocenters. The molecular formula is C29H33F3N8O. The molecular weight excluding hydrogens is 533 g/mol. The Morgan fingerprint density at radius 2 is 1.95 bits per heavy atom. The maximum Gasteiger partial charge on any atom is 0.389 e. The van der Waals surface area contributed by atoms with Gasteiger partial charge in [0.1, 0.15) is 11.8 Å². The van der Waals surface area contributed by atoms with E-state index in [4.69, 9.17) is 0 Å². The van der Waals surface area contributed by atoms with Crippen molar-refractivity contribution >= 4 is 16.8 Å². The Bertz CT molecular complexity index is 1570. The van der Waals surface area contributed by atoms with Gasteiger partial charge in [0.15, 0.2) is 5.82 Å². The summed E-state index contributed by atoms with van der Waals surface area (Å²) in [5, 5.41) is 17.6. The monoisotopic (exact) mass is 566 g/mol. The number of hydrogen-bond donors (Lipinski definition) is 1. The number of alkyl halides is 3. The Labute approximate surface area is 236 Å². The van der Waals surface area contributed by atoms with Crippen LogP contribution in [-0.2, 0) is 19.5 Å². The van der Waals surface area contributed by atoms with Crippen LogP contribution in [0.5, 0.6) is 0 Å². The highest BCUT2D eigenvalue weighted by atomic mass is 19.4. The number of carbonyl (C=O) groups is 1. The first-order valence-electron chi connectivity index (χ1n) is 13.6. The lowest BCUT2D eigenvalue weighted by Crippen LogP contribution is -2.36. The SMILES string of the molecule is Cc1c(CN2CCC(n3c(CCC(F)(F)F)cnc3C(=O)N(C)C)CC2)ccc2c1cc(C#N)n2Cc1cn[nH]c1. The highest BCUT2D eigenvalue weighted by Crippen LogP contribution is 2.31. The van der Waals surface area contributed by atoms with Crippen molar-refractivity contribution < 1.29 is 18.0 Å². The number of imidazole rings is 1. The molecule has 0 bridgehead atoms. The predicted molar refractivity (Wildman–Crippen MR) is 147 cm³/mol. The molecule has 0 radical (unpaired) electrons. The molecule has 4 heterocycles. The second-order valence-corrected chi connectivity index (χ2v) is 10.9. The number of aromatic amines is 1. The van der Waals surface area contributed by atoms with E-state index in [0.717, 1.165) is 47.2 Å². The standard InChI is InChI=1S/C29H33F3N8O/c1-19-21(4-5-26-25(19)12-24(13-33)39(26)17-20-14-35-36-15-20)18-38-10-7-22(8-11-38)40-23(6-9-29(30,31)32)16-34-27(40)28(41)37(2)3/h4-5,12,14-16,22H,6-11,17-18H2,1-3H3,(H,35,36). The van der Waals surface area contributed by atoms with Crippen molar-refractivity contribution in [2.75, 3.05) is 27.2 Å². The van der Waals surface area contributed by atoms with Crippen LogP contribution in [0.25, 0.3) is 10.9 Å². The number of nitriles is 1.